The fourth-order valence-corrected chi connectivity index (χ4v) is 3.10. The van der Waals surface area contributed by atoms with Gasteiger partial charge in [0, 0.05) is 6.61 Å². The van der Waals surface area contributed by atoms with Gasteiger partial charge in [-0.1, -0.05) is 5.21 Å². The minimum Gasteiger partial charge on any atom is -0.464 e. The molecular weight excluding hydrogens is 272 g/mol. The predicted octanol–water partition coefficient (Wildman–Crippen LogP) is 1.06. The third-order valence-electron chi connectivity index (χ3n) is 4.19. The number of nitrogens with zero attached hydrogens (tertiary/aromatic N) is 3. The lowest BCUT2D eigenvalue weighted by Crippen LogP contribution is -2.28. The quantitative estimate of drug-likeness (QED) is 0.837. The summed E-state index contributed by atoms with van der Waals surface area (Å²) >= 11 is 0. The Balaban J connectivity index is 1.84. The molecule has 2 unspecified atom stereocenters. The van der Waals surface area contributed by atoms with Crippen molar-refractivity contribution in [2.75, 3.05) is 20.3 Å². The van der Waals surface area contributed by atoms with Crippen LogP contribution < -0.4 is 5.32 Å². The molecule has 2 saturated heterocycles. The van der Waals surface area contributed by atoms with Crippen LogP contribution in [0, 0.1) is 0 Å². The highest BCUT2D eigenvalue weighted by atomic mass is 16.5. The fourth-order valence-electron chi connectivity index (χ4n) is 3.10. The molecule has 0 radical (unpaired) electrons. The molecule has 3 rings (SSSR count). The zero-order valence-corrected chi connectivity index (χ0v) is 12.4. The van der Waals surface area contributed by atoms with Crippen molar-refractivity contribution in [3.8, 4) is 0 Å². The second-order valence-corrected chi connectivity index (χ2v) is 5.63. The van der Waals surface area contributed by atoms with Gasteiger partial charge in [0.15, 0.2) is 5.69 Å². The van der Waals surface area contributed by atoms with Gasteiger partial charge >= 0.3 is 5.97 Å². The smallest absolute Gasteiger partial charge is 0.360 e. The molecule has 3 heterocycles. The first kappa shape index (κ1) is 14.5. The minimum absolute atomic E-state index is 0.123. The normalized spacial score (nSPS) is 26.0. The van der Waals surface area contributed by atoms with Gasteiger partial charge in [-0.05, 0) is 38.6 Å². The highest BCUT2D eigenvalue weighted by Gasteiger charge is 2.30. The van der Waals surface area contributed by atoms with Crippen LogP contribution in [0.15, 0.2) is 0 Å². The maximum absolute atomic E-state index is 11.9. The second kappa shape index (κ2) is 6.53. The number of hydrogen-bond donors (Lipinski definition) is 1. The Morgan fingerprint density at radius 2 is 2.33 bits per heavy atom. The summed E-state index contributed by atoms with van der Waals surface area (Å²) in [6.45, 7) is 2.41. The number of rotatable bonds is 4. The Morgan fingerprint density at radius 3 is 3.00 bits per heavy atom. The molecule has 0 saturated carbocycles. The molecule has 21 heavy (non-hydrogen) atoms. The van der Waals surface area contributed by atoms with Crippen molar-refractivity contribution in [3.63, 3.8) is 0 Å². The summed E-state index contributed by atoms with van der Waals surface area (Å²) in [5, 5.41) is 11.6. The average molecular weight is 294 g/mol. The summed E-state index contributed by atoms with van der Waals surface area (Å²) in [4.78, 5) is 11.9. The van der Waals surface area contributed by atoms with Crippen molar-refractivity contribution in [2.24, 2.45) is 0 Å². The van der Waals surface area contributed by atoms with Gasteiger partial charge < -0.3 is 14.8 Å². The zero-order valence-electron chi connectivity index (χ0n) is 12.4. The molecule has 0 amide bonds. The zero-order chi connectivity index (χ0) is 14.7. The molecule has 2 fully saturated rings. The molecule has 1 aromatic heterocycles. The maximum Gasteiger partial charge on any atom is 0.360 e. The van der Waals surface area contributed by atoms with E-state index in [0.717, 1.165) is 44.5 Å². The Bertz CT molecular complexity index is 490. The van der Waals surface area contributed by atoms with Crippen molar-refractivity contribution >= 4 is 5.97 Å². The molecule has 0 spiro atoms. The molecule has 2 aliphatic rings. The van der Waals surface area contributed by atoms with E-state index < -0.39 is 5.97 Å². The largest absolute Gasteiger partial charge is 0.464 e. The van der Waals surface area contributed by atoms with Gasteiger partial charge in [0.05, 0.1) is 31.5 Å². The van der Waals surface area contributed by atoms with Gasteiger partial charge in [-0.3, -0.25) is 0 Å². The van der Waals surface area contributed by atoms with Crippen LogP contribution in [-0.4, -0.2) is 47.3 Å². The number of aromatic nitrogens is 3. The third kappa shape index (κ3) is 3.08. The number of ether oxygens (including phenoxy) is 2. The van der Waals surface area contributed by atoms with Crippen molar-refractivity contribution in [3.05, 3.63) is 11.4 Å². The highest BCUT2D eigenvalue weighted by Crippen LogP contribution is 2.26. The first-order valence-corrected chi connectivity index (χ1v) is 7.66. The molecule has 2 atom stereocenters. The van der Waals surface area contributed by atoms with Gasteiger partial charge in [-0.15, -0.1) is 5.10 Å². The number of esters is 1. The van der Waals surface area contributed by atoms with Crippen LogP contribution in [0.25, 0.3) is 0 Å². The lowest BCUT2D eigenvalue weighted by atomic mass is 10.1. The van der Waals surface area contributed by atoms with E-state index in [9.17, 15) is 4.79 Å². The lowest BCUT2D eigenvalue weighted by Gasteiger charge is -2.23. The first-order chi connectivity index (χ1) is 10.3. The van der Waals surface area contributed by atoms with E-state index in [2.05, 4.69) is 15.6 Å². The van der Waals surface area contributed by atoms with Crippen molar-refractivity contribution in [2.45, 2.75) is 50.8 Å². The second-order valence-electron chi connectivity index (χ2n) is 5.63. The van der Waals surface area contributed by atoms with E-state index in [1.165, 1.54) is 13.5 Å². The molecule has 116 valence electrons. The number of carbonyl (C=O) groups excluding carboxylic acids is 1. The van der Waals surface area contributed by atoms with E-state index in [1.54, 1.807) is 0 Å². The molecule has 0 aliphatic carbocycles. The van der Waals surface area contributed by atoms with Gasteiger partial charge in [-0.25, -0.2) is 9.48 Å². The lowest BCUT2D eigenvalue weighted by molar-refractivity contribution is 0.00299. The Kier molecular flexibility index (Phi) is 4.50. The molecule has 0 bridgehead atoms. The van der Waals surface area contributed by atoms with E-state index in [0.29, 0.717) is 12.2 Å². The molecule has 1 N–H and O–H groups in total. The van der Waals surface area contributed by atoms with Crippen molar-refractivity contribution < 1.29 is 14.3 Å². The van der Waals surface area contributed by atoms with Crippen molar-refractivity contribution in [1.29, 1.82) is 0 Å². The summed E-state index contributed by atoms with van der Waals surface area (Å²) in [6, 6.07) is 0.123. The van der Waals surface area contributed by atoms with Gasteiger partial charge in [0.25, 0.3) is 0 Å². The Morgan fingerprint density at radius 1 is 1.43 bits per heavy atom. The summed E-state index contributed by atoms with van der Waals surface area (Å²) in [5.41, 5.74) is 1.17. The summed E-state index contributed by atoms with van der Waals surface area (Å²) in [5.74, 6) is -0.422. The number of carbonyl (C=O) groups is 1. The molecular formula is C14H22N4O3. The van der Waals surface area contributed by atoms with Gasteiger partial charge in [0.2, 0.25) is 0 Å². The maximum atomic E-state index is 11.9. The summed E-state index contributed by atoms with van der Waals surface area (Å²) in [6.07, 6.45) is 5.58. The van der Waals surface area contributed by atoms with E-state index >= 15 is 0 Å². The van der Waals surface area contributed by atoms with Crippen LogP contribution in [0.2, 0.25) is 0 Å². The number of hydrogen-bond acceptors (Lipinski definition) is 6. The van der Waals surface area contributed by atoms with Crippen LogP contribution in [0.3, 0.4) is 0 Å². The monoisotopic (exact) mass is 294 g/mol. The first-order valence-electron chi connectivity index (χ1n) is 7.66. The molecule has 1 aromatic rings. The molecule has 7 nitrogen and oxygen atoms in total. The number of nitrogens with one attached hydrogen (secondary N) is 1. The summed E-state index contributed by atoms with van der Waals surface area (Å²) < 4.78 is 12.4. The third-order valence-corrected chi connectivity index (χ3v) is 4.19. The molecule has 2 aliphatic heterocycles. The molecule has 0 aromatic carbocycles. The van der Waals surface area contributed by atoms with E-state index in [-0.39, 0.29) is 12.1 Å². The van der Waals surface area contributed by atoms with Crippen LogP contribution in [-0.2, 0) is 16.0 Å². The fraction of sp³-hybridized carbons (Fsp3) is 0.786. The SMILES string of the molecule is COC(=O)c1nnn(CC2CCCCO2)c1C1CCCN1. The molecule has 7 heteroatoms. The Hall–Kier alpha value is -1.47. The number of methoxy groups -OCH3 is 1. The van der Waals surface area contributed by atoms with E-state index in [1.807, 2.05) is 4.68 Å². The van der Waals surface area contributed by atoms with Crippen LogP contribution in [0.5, 0.6) is 0 Å². The highest BCUT2D eigenvalue weighted by molar-refractivity contribution is 5.88. The average Bonchev–Trinajstić information content (AvgIpc) is 3.16. The summed E-state index contributed by atoms with van der Waals surface area (Å²) in [7, 11) is 1.37. The van der Waals surface area contributed by atoms with Crippen LogP contribution >= 0.6 is 0 Å². The van der Waals surface area contributed by atoms with Gasteiger partial charge in [-0.2, -0.15) is 0 Å². The predicted molar refractivity (Wildman–Crippen MR) is 74.9 cm³/mol. The van der Waals surface area contributed by atoms with Crippen LogP contribution in [0.1, 0.15) is 54.3 Å². The van der Waals surface area contributed by atoms with E-state index in [4.69, 9.17) is 9.47 Å². The van der Waals surface area contributed by atoms with Crippen LogP contribution in [0.4, 0.5) is 0 Å². The standard InChI is InChI=1S/C14H22N4O3/c1-20-14(19)12-13(11-6-4-7-15-11)18(17-16-12)9-10-5-2-3-8-21-10/h10-11,15H,2-9H2,1H3. The topological polar surface area (TPSA) is 78.3 Å². The minimum atomic E-state index is -0.422. The van der Waals surface area contributed by atoms with Gasteiger partial charge in [0.1, 0.15) is 0 Å². The van der Waals surface area contributed by atoms with Crippen molar-refractivity contribution in [1.82, 2.24) is 20.3 Å². The Labute approximate surface area is 124 Å².